The van der Waals surface area contributed by atoms with Crippen molar-refractivity contribution in [3.05, 3.63) is 11.1 Å². The van der Waals surface area contributed by atoms with Crippen molar-refractivity contribution >= 4 is 28.7 Å². The second-order valence-electron chi connectivity index (χ2n) is 3.48. The van der Waals surface area contributed by atoms with Crippen molar-refractivity contribution < 1.29 is 9.59 Å². The van der Waals surface area contributed by atoms with Crippen LogP contribution in [0.4, 0.5) is 5.13 Å². The van der Waals surface area contributed by atoms with Gasteiger partial charge in [-0.3, -0.25) is 4.79 Å². The molecule has 0 fully saturated rings. The molecule has 0 aromatic carbocycles. The fourth-order valence-corrected chi connectivity index (χ4v) is 1.82. The first-order valence-corrected chi connectivity index (χ1v) is 5.64. The van der Waals surface area contributed by atoms with E-state index in [0.29, 0.717) is 11.0 Å². The maximum absolute atomic E-state index is 11.2. The molecule has 0 aliphatic rings. The molecule has 5 heteroatoms. The van der Waals surface area contributed by atoms with Gasteiger partial charge in [0, 0.05) is 23.9 Å². The second kappa shape index (κ2) is 5.60. The van der Waals surface area contributed by atoms with Gasteiger partial charge in [0.25, 0.3) is 0 Å². The molecule has 82 valence electrons. The van der Waals surface area contributed by atoms with Gasteiger partial charge in [-0.15, -0.1) is 11.3 Å². The SMILES string of the molecule is CC(C)c1cnc(NC(=O)CCC=O)s1. The zero-order valence-corrected chi connectivity index (χ0v) is 9.63. The van der Waals surface area contributed by atoms with E-state index in [2.05, 4.69) is 24.1 Å². The summed E-state index contributed by atoms with van der Waals surface area (Å²) in [4.78, 5) is 26.5. The number of hydrogen-bond donors (Lipinski definition) is 1. The number of carbonyl (C=O) groups is 2. The van der Waals surface area contributed by atoms with E-state index in [1.165, 1.54) is 11.3 Å². The van der Waals surface area contributed by atoms with Gasteiger partial charge in [0.05, 0.1) is 0 Å². The van der Waals surface area contributed by atoms with Crippen molar-refractivity contribution in [1.82, 2.24) is 4.98 Å². The number of thiazole rings is 1. The van der Waals surface area contributed by atoms with Crippen LogP contribution in [0, 0.1) is 0 Å². The predicted molar refractivity (Wildman–Crippen MR) is 60.1 cm³/mol. The summed E-state index contributed by atoms with van der Waals surface area (Å²) in [7, 11) is 0. The standard InChI is InChI=1S/C10H14N2O2S/c1-7(2)8-6-11-10(15-8)12-9(14)4-3-5-13/h5-7H,3-4H2,1-2H3,(H,11,12,14). The molecule has 15 heavy (non-hydrogen) atoms. The molecule has 0 saturated carbocycles. The van der Waals surface area contributed by atoms with Gasteiger partial charge in [0.2, 0.25) is 5.91 Å². The maximum atomic E-state index is 11.2. The smallest absolute Gasteiger partial charge is 0.226 e. The first-order valence-electron chi connectivity index (χ1n) is 4.82. The minimum atomic E-state index is -0.160. The fraction of sp³-hybridized carbons (Fsp3) is 0.500. The number of nitrogens with one attached hydrogen (secondary N) is 1. The molecule has 1 aromatic heterocycles. The highest BCUT2D eigenvalue weighted by Gasteiger charge is 2.08. The van der Waals surface area contributed by atoms with Crippen LogP contribution in [0.1, 0.15) is 37.5 Å². The lowest BCUT2D eigenvalue weighted by atomic mass is 10.2. The van der Waals surface area contributed by atoms with Crippen molar-refractivity contribution in [3.63, 3.8) is 0 Å². The van der Waals surface area contributed by atoms with E-state index in [-0.39, 0.29) is 18.7 Å². The number of carbonyl (C=O) groups excluding carboxylic acids is 2. The minimum absolute atomic E-state index is 0.160. The fourth-order valence-electron chi connectivity index (χ4n) is 0.983. The third kappa shape index (κ3) is 3.79. The molecule has 0 saturated heterocycles. The first kappa shape index (κ1) is 11.8. The minimum Gasteiger partial charge on any atom is -0.303 e. The average molecular weight is 226 g/mol. The van der Waals surface area contributed by atoms with E-state index in [4.69, 9.17) is 0 Å². The zero-order valence-electron chi connectivity index (χ0n) is 8.82. The number of amides is 1. The van der Waals surface area contributed by atoms with Gasteiger partial charge in [-0.25, -0.2) is 4.98 Å². The summed E-state index contributed by atoms with van der Waals surface area (Å²) < 4.78 is 0. The van der Waals surface area contributed by atoms with Gasteiger partial charge < -0.3 is 10.1 Å². The quantitative estimate of drug-likeness (QED) is 0.783. The van der Waals surface area contributed by atoms with Gasteiger partial charge in [-0.2, -0.15) is 0 Å². The topological polar surface area (TPSA) is 59.1 Å². The Morgan fingerprint density at radius 1 is 1.67 bits per heavy atom. The molecule has 0 aliphatic carbocycles. The maximum Gasteiger partial charge on any atom is 0.226 e. The molecule has 4 nitrogen and oxygen atoms in total. The highest BCUT2D eigenvalue weighted by atomic mass is 32.1. The lowest BCUT2D eigenvalue weighted by Gasteiger charge is -1.98. The number of aldehydes is 1. The summed E-state index contributed by atoms with van der Waals surface area (Å²) in [5, 5.41) is 3.27. The van der Waals surface area contributed by atoms with Gasteiger partial charge in [0.1, 0.15) is 6.29 Å². The molecular weight excluding hydrogens is 212 g/mol. The Morgan fingerprint density at radius 3 is 2.93 bits per heavy atom. The van der Waals surface area contributed by atoms with Crippen LogP contribution in [-0.2, 0) is 9.59 Å². The van der Waals surface area contributed by atoms with E-state index < -0.39 is 0 Å². The summed E-state index contributed by atoms with van der Waals surface area (Å²) >= 11 is 1.47. The summed E-state index contributed by atoms with van der Waals surface area (Å²) in [6, 6.07) is 0. The molecule has 1 rings (SSSR count). The normalized spacial score (nSPS) is 10.3. The van der Waals surface area contributed by atoms with E-state index in [0.717, 1.165) is 11.2 Å². The van der Waals surface area contributed by atoms with E-state index in [1.807, 2.05) is 0 Å². The number of nitrogens with zero attached hydrogens (tertiary/aromatic N) is 1. The molecule has 0 bridgehead atoms. The van der Waals surface area contributed by atoms with Crippen molar-refractivity contribution in [2.75, 3.05) is 5.32 Å². The van der Waals surface area contributed by atoms with Crippen LogP contribution in [0.25, 0.3) is 0 Å². The molecule has 1 amide bonds. The highest BCUT2D eigenvalue weighted by molar-refractivity contribution is 7.15. The first-order chi connectivity index (χ1) is 7.13. The summed E-state index contributed by atoms with van der Waals surface area (Å²) in [5.74, 6) is 0.259. The molecule has 1 heterocycles. The van der Waals surface area contributed by atoms with Gasteiger partial charge in [-0.05, 0) is 5.92 Å². The molecule has 0 radical (unpaired) electrons. The lowest BCUT2D eigenvalue weighted by Crippen LogP contribution is -2.10. The Balaban J connectivity index is 2.49. The highest BCUT2D eigenvalue weighted by Crippen LogP contribution is 2.25. The Morgan fingerprint density at radius 2 is 2.40 bits per heavy atom. The third-order valence-electron chi connectivity index (χ3n) is 1.83. The summed E-state index contributed by atoms with van der Waals surface area (Å²) in [5.41, 5.74) is 0. The van der Waals surface area contributed by atoms with Crippen LogP contribution in [0.2, 0.25) is 0 Å². The van der Waals surface area contributed by atoms with Gasteiger partial charge in [0.15, 0.2) is 5.13 Å². The van der Waals surface area contributed by atoms with E-state index in [1.54, 1.807) is 6.20 Å². The summed E-state index contributed by atoms with van der Waals surface area (Å²) in [6.45, 7) is 4.15. The lowest BCUT2D eigenvalue weighted by molar-refractivity contribution is -0.118. The molecule has 0 atom stereocenters. The second-order valence-corrected chi connectivity index (χ2v) is 4.54. The Kier molecular flexibility index (Phi) is 4.42. The molecule has 0 aliphatic heterocycles. The zero-order chi connectivity index (χ0) is 11.3. The van der Waals surface area contributed by atoms with Crippen LogP contribution in [0.15, 0.2) is 6.20 Å². The predicted octanol–water partition coefficient (Wildman–Crippen LogP) is 2.18. The Hall–Kier alpha value is -1.23. The van der Waals surface area contributed by atoms with Crippen molar-refractivity contribution in [2.24, 2.45) is 0 Å². The average Bonchev–Trinajstić information content (AvgIpc) is 2.63. The number of aromatic nitrogens is 1. The molecule has 0 spiro atoms. The van der Waals surface area contributed by atoms with Crippen LogP contribution in [0.3, 0.4) is 0 Å². The number of rotatable bonds is 5. The molecule has 0 unspecified atom stereocenters. The summed E-state index contributed by atoms with van der Waals surface area (Å²) in [6.07, 6.45) is 2.99. The number of hydrogen-bond acceptors (Lipinski definition) is 4. The van der Waals surface area contributed by atoms with Crippen molar-refractivity contribution in [1.29, 1.82) is 0 Å². The Bertz CT molecular complexity index is 347. The van der Waals surface area contributed by atoms with E-state index >= 15 is 0 Å². The molecular formula is C10H14N2O2S. The van der Waals surface area contributed by atoms with Crippen molar-refractivity contribution in [2.45, 2.75) is 32.6 Å². The van der Waals surface area contributed by atoms with Crippen LogP contribution < -0.4 is 5.32 Å². The van der Waals surface area contributed by atoms with Crippen LogP contribution >= 0.6 is 11.3 Å². The van der Waals surface area contributed by atoms with Crippen LogP contribution in [-0.4, -0.2) is 17.2 Å². The van der Waals surface area contributed by atoms with Crippen molar-refractivity contribution in [3.8, 4) is 0 Å². The largest absolute Gasteiger partial charge is 0.303 e. The Labute approximate surface area is 92.7 Å². The monoisotopic (exact) mass is 226 g/mol. The third-order valence-corrected chi connectivity index (χ3v) is 3.04. The number of anilines is 1. The molecule has 1 N–H and O–H groups in total. The molecule has 1 aromatic rings. The van der Waals surface area contributed by atoms with Gasteiger partial charge >= 0.3 is 0 Å². The van der Waals surface area contributed by atoms with Crippen LogP contribution in [0.5, 0.6) is 0 Å². The van der Waals surface area contributed by atoms with E-state index in [9.17, 15) is 9.59 Å². The van der Waals surface area contributed by atoms with Gasteiger partial charge in [-0.1, -0.05) is 13.8 Å².